The molecule has 0 radical (unpaired) electrons. The minimum absolute atomic E-state index is 0.603. The molecule has 0 atom stereocenters. The molecule has 0 unspecified atom stereocenters. The third kappa shape index (κ3) is 3.92. The summed E-state index contributed by atoms with van der Waals surface area (Å²) in [5.74, 6) is 1.60. The minimum Gasteiger partial charge on any atom is -0.493 e. The van der Waals surface area contributed by atoms with Gasteiger partial charge in [-0.1, -0.05) is 17.8 Å². The molecule has 0 bridgehead atoms. The van der Waals surface area contributed by atoms with Gasteiger partial charge in [0.15, 0.2) is 5.16 Å². The Labute approximate surface area is 111 Å². The van der Waals surface area contributed by atoms with Crippen LogP contribution in [0.15, 0.2) is 41.7 Å². The van der Waals surface area contributed by atoms with Crippen LogP contribution >= 0.6 is 11.8 Å². The van der Waals surface area contributed by atoms with Gasteiger partial charge in [0.1, 0.15) is 5.75 Å². The van der Waals surface area contributed by atoms with Crippen LogP contribution in [0.25, 0.3) is 0 Å². The fourth-order valence-corrected chi connectivity index (χ4v) is 2.09. The Morgan fingerprint density at radius 2 is 2.22 bits per heavy atom. The van der Waals surface area contributed by atoms with Crippen molar-refractivity contribution >= 4 is 17.4 Å². The molecule has 0 fully saturated rings. The number of nitrogen functional groups attached to an aromatic ring is 1. The van der Waals surface area contributed by atoms with Crippen LogP contribution in [0.4, 0.5) is 5.69 Å². The van der Waals surface area contributed by atoms with Crippen molar-refractivity contribution in [2.24, 2.45) is 0 Å². The van der Waals surface area contributed by atoms with Gasteiger partial charge in [0.25, 0.3) is 0 Å². The Morgan fingerprint density at radius 1 is 1.33 bits per heavy atom. The Kier molecular flexibility index (Phi) is 4.41. The zero-order valence-corrected chi connectivity index (χ0v) is 11.0. The van der Waals surface area contributed by atoms with E-state index < -0.39 is 0 Å². The number of aryl methyl sites for hydroxylation is 1. The van der Waals surface area contributed by atoms with Gasteiger partial charge < -0.3 is 10.5 Å². The highest BCUT2D eigenvalue weighted by Gasteiger charge is 1.99. The van der Waals surface area contributed by atoms with E-state index in [1.807, 2.05) is 37.3 Å². The van der Waals surface area contributed by atoms with Gasteiger partial charge >= 0.3 is 0 Å². The molecule has 18 heavy (non-hydrogen) atoms. The highest BCUT2D eigenvalue weighted by molar-refractivity contribution is 7.99. The lowest BCUT2D eigenvalue weighted by Gasteiger charge is -2.06. The summed E-state index contributed by atoms with van der Waals surface area (Å²) in [6.45, 7) is 2.56. The van der Waals surface area contributed by atoms with Gasteiger partial charge in [0.05, 0.1) is 6.61 Å². The van der Waals surface area contributed by atoms with Crippen molar-refractivity contribution in [2.75, 3.05) is 18.1 Å². The molecular weight excluding hydrogens is 246 g/mol. The highest BCUT2D eigenvalue weighted by atomic mass is 32.2. The van der Waals surface area contributed by atoms with Gasteiger partial charge in [-0.2, -0.15) is 0 Å². The minimum atomic E-state index is 0.603. The zero-order chi connectivity index (χ0) is 12.8. The quantitative estimate of drug-likeness (QED) is 0.388. The van der Waals surface area contributed by atoms with Crippen molar-refractivity contribution in [3.63, 3.8) is 0 Å². The van der Waals surface area contributed by atoms with Crippen molar-refractivity contribution in [1.29, 1.82) is 0 Å². The fourth-order valence-electron chi connectivity index (χ4n) is 1.39. The summed E-state index contributed by atoms with van der Waals surface area (Å²) in [6.07, 6.45) is 1.77. The lowest BCUT2D eigenvalue weighted by atomic mass is 10.3. The molecule has 0 spiro atoms. The molecule has 2 N–H and O–H groups in total. The highest BCUT2D eigenvalue weighted by Crippen LogP contribution is 2.16. The average Bonchev–Trinajstić information content (AvgIpc) is 2.35. The first-order chi connectivity index (χ1) is 8.74. The third-order valence-corrected chi connectivity index (χ3v) is 3.04. The molecule has 1 aromatic heterocycles. The Morgan fingerprint density at radius 3 is 3.00 bits per heavy atom. The molecule has 2 aromatic rings. The zero-order valence-electron chi connectivity index (χ0n) is 10.2. The summed E-state index contributed by atoms with van der Waals surface area (Å²) in [7, 11) is 0. The van der Waals surface area contributed by atoms with Crippen LogP contribution in [0, 0.1) is 6.92 Å². The standard InChI is InChI=1S/C13H15N3OS/c1-10-5-6-15-13(16-10)18-8-7-17-12-4-2-3-11(14)9-12/h2-6,9H,7-8,14H2,1H3. The Hall–Kier alpha value is -1.75. The summed E-state index contributed by atoms with van der Waals surface area (Å²) in [6, 6.07) is 9.30. The normalized spacial score (nSPS) is 10.3. The van der Waals surface area contributed by atoms with Crippen LogP contribution in [0.5, 0.6) is 5.75 Å². The van der Waals surface area contributed by atoms with Crippen molar-refractivity contribution in [1.82, 2.24) is 9.97 Å². The first kappa shape index (κ1) is 12.7. The maximum absolute atomic E-state index is 5.67. The van der Waals surface area contributed by atoms with Crippen molar-refractivity contribution < 1.29 is 4.74 Å². The number of nitrogens with two attached hydrogens (primary N) is 1. The smallest absolute Gasteiger partial charge is 0.187 e. The first-order valence-electron chi connectivity index (χ1n) is 5.65. The number of anilines is 1. The fraction of sp³-hybridized carbons (Fsp3) is 0.231. The number of aromatic nitrogens is 2. The lowest BCUT2D eigenvalue weighted by Crippen LogP contribution is -2.01. The van der Waals surface area contributed by atoms with Gasteiger partial charge in [-0.3, -0.25) is 0 Å². The third-order valence-electron chi connectivity index (χ3n) is 2.21. The monoisotopic (exact) mass is 261 g/mol. The molecule has 1 heterocycles. The van der Waals surface area contributed by atoms with Gasteiger partial charge in [-0.05, 0) is 25.1 Å². The molecule has 0 aliphatic heterocycles. The Balaban J connectivity index is 1.76. The number of benzene rings is 1. The second-order valence-electron chi connectivity index (χ2n) is 3.75. The van der Waals surface area contributed by atoms with E-state index in [1.165, 1.54) is 0 Å². The van der Waals surface area contributed by atoms with E-state index in [0.29, 0.717) is 12.3 Å². The van der Waals surface area contributed by atoms with E-state index in [-0.39, 0.29) is 0 Å². The van der Waals surface area contributed by atoms with Crippen LogP contribution in [0.2, 0.25) is 0 Å². The number of hydrogen-bond donors (Lipinski definition) is 1. The maximum Gasteiger partial charge on any atom is 0.187 e. The summed E-state index contributed by atoms with van der Waals surface area (Å²) in [5, 5.41) is 0.783. The number of rotatable bonds is 5. The molecule has 4 nitrogen and oxygen atoms in total. The molecule has 0 saturated heterocycles. The molecule has 0 aliphatic carbocycles. The summed E-state index contributed by atoms with van der Waals surface area (Å²) in [5.41, 5.74) is 7.35. The maximum atomic E-state index is 5.67. The van der Waals surface area contributed by atoms with E-state index in [2.05, 4.69) is 9.97 Å². The van der Waals surface area contributed by atoms with Crippen molar-refractivity contribution in [2.45, 2.75) is 12.1 Å². The van der Waals surface area contributed by atoms with Gasteiger partial charge in [-0.25, -0.2) is 9.97 Å². The van der Waals surface area contributed by atoms with E-state index >= 15 is 0 Å². The van der Waals surface area contributed by atoms with Gasteiger partial charge in [-0.15, -0.1) is 0 Å². The van der Waals surface area contributed by atoms with Crippen LogP contribution in [0.3, 0.4) is 0 Å². The van der Waals surface area contributed by atoms with Crippen molar-refractivity contribution in [3.8, 4) is 5.75 Å². The van der Waals surface area contributed by atoms with E-state index in [4.69, 9.17) is 10.5 Å². The number of thioether (sulfide) groups is 1. The molecule has 0 saturated carbocycles. The number of ether oxygens (including phenoxy) is 1. The molecule has 0 aliphatic rings. The average molecular weight is 261 g/mol. The topological polar surface area (TPSA) is 61.0 Å². The summed E-state index contributed by atoms with van der Waals surface area (Å²) in [4.78, 5) is 8.48. The van der Waals surface area contributed by atoms with Crippen LogP contribution in [-0.2, 0) is 0 Å². The number of nitrogens with zero attached hydrogens (tertiary/aromatic N) is 2. The molecule has 1 aromatic carbocycles. The van der Waals surface area contributed by atoms with Crippen molar-refractivity contribution in [3.05, 3.63) is 42.2 Å². The second kappa shape index (κ2) is 6.26. The predicted octanol–water partition coefficient (Wildman–Crippen LogP) is 2.54. The molecule has 2 rings (SSSR count). The summed E-state index contributed by atoms with van der Waals surface area (Å²) < 4.78 is 5.58. The molecule has 94 valence electrons. The van der Waals surface area contributed by atoms with Crippen LogP contribution in [-0.4, -0.2) is 22.3 Å². The first-order valence-corrected chi connectivity index (χ1v) is 6.63. The number of hydrogen-bond acceptors (Lipinski definition) is 5. The Bertz CT molecular complexity index is 472. The molecule has 0 amide bonds. The molecular formula is C13H15N3OS. The lowest BCUT2D eigenvalue weighted by molar-refractivity contribution is 0.344. The van der Waals surface area contributed by atoms with E-state index in [9.17, 15) is 0 Å². The van der Waals surface area contributed by atoms with Crippen LogP contribution < -0.4 is 10.5 Å². The molecule has 5 heteroatoms. The summed E-state index contributed by atoms with van der Waals surface area (Å²) >= 11 is 1.58. The SMILES string of the molecule is Cc1ccnc(SCCOc2cccc(N)c2)n1. The van der Waals surface area contributed by atoms with Gasteiger partial charge in [0, 0.05) is 29.4 Å². The predicted molar refractivity (Wildman–Crippen MR) is 73.8 cm³/mol. The van der Waals surface area contributed by atoms with Crippen LogP contribution in [0.1, 0.15) is 5.69 Å². The largest absolute Gasteiger partial charge is 0.493 e. The van der Waals surface area contributed by atoms with E-state index in [1.54, 1.807) is 18.0 Å². The second-order valence-corrected chi connectivity index (χ2v) is 4.81. The van der Waals surface area contributed by atoms with E-state index in [0.717, 1.165) is 22.4 Å². The van der Waals surface area contributed by atoms with Gasteiger partial charge in [0.2, 0.25) is 0 Å².